The highest BCUT2D eigenvalue weighted by molar-refractivity contribution is 5.94. The third kappa shape index (κ3) is 4.54. The zero-order chi connectivity index (χ0) is 18.5. The number of nitrogens with zero attached hydrogens (tertiary/aromatic N) is 2. The van der Waals surface area contributed by atoms with Crippen molar-refractivity contribution in [3.63, 3.8) is 0 Å². The smallest absolute Gasteiger partial charge is 0.255 e. The summed E-state index contributed by atoms with van der Waals surface area (Å²) in [5, 5.41) is 0. The van der Waals surface area contributed by atoms with E-state index in [4.69, 9.17) is 0 Å². The quantitative estimate of drug-likeness (QED) is 0.857. The molecule has 0 radical (unpaired) electrons. The largest absolute Gasteiger partial charge is 0.339 e. The van der Waals surface area contributed by atoms with Crippen LogP contribution in [0.4, 0.5) is 0 Å². The SMILES string of the molecule is O=C(c1ccc(C2CNNC2)nc1)N1CCC(CCc2ccccc2)CC1. The molecule has 142 valence electrons. The molecule has 1 amide bonds. The fourth-order valence-electron chi connectivity index (χ4n) is 4.07. The molecule has 0 saturated carbocycles. The Kier molecular flexibility index (Phi) is 5.80. The van der Waals surface area contributed by atoms with E-state index < -0.39 is 0 Å². The summed E-state index contributed by atoms with van der Waals surface area (Å²) in [5.74, 6) is 1.23. The first-order valence-corrected chi connectivity index (χ1v) is 10.0. The number of pyridine rings is 1. The number of carbonyl (C=O) groups is 1. The predicted octanol–water partition coefficient (Wildman–Crippen LogP) is 2.76. The highest BCUT2D eigenvalue weighted by atomic mass is 16.2. The van der Waals surface area contributed by atoms with Gasteiger partial charge in [0.15, 0.2) is 0 Å². The van der Waals surface area contributed by atoms with Crippen LogP contribution in [0.3, 0.4) is 0 Å². The summed E-state index contributed by atoms with van der Waals surface area (Å²) in [5.41, 5.74) is 9.40. The van der Waals surface area contributed by atoms with Crippen LogP contribution in [-0.2, 0) is 6.42 Å². The molecule has 0 aliphatic carbocycles. The second-order valence-electron chi connectivity index (χ2n) is 7.69. The van der Waals surface area contributed by atoms with Crippen LogP contribution in [0.25, 0.3) is 0 Å². The Morgan fingerprint density at radius 2 is 1.78 bits per heavy atom. The van der Waals surface area contributed by atoms with E-state index in [-0.39, 0.29) is 5.91 Å². The molecule has 5 nitrogen and oxygen atoms in total. The van der Waals surface area contributed by atoms with Gasteiger partial charge < -0.3 is 4.90 Å². The van der Waals surface area contributed by atoms with Gasteiger partial charge in [-0.1, -0.05) is 30.3 Å². The third-order valence-electron chi connectivity index (χ3n) is 5.86. The van der Waals surface area contributed by atoms with Crippen LogP contribution < -0.4 is 10.9 Å². The average molecular weight is 364 g/mol. The Hall–Kier alpha value is -2.24. The van der Waals surface area contributed by atoms with Crippen molar-refractivity contribution in [2.24, 2.45) is 5.92 Å². The van der Waals surface area contributed by atoms with E-state index in [0.29, 0.717) is 11.5 Å². The number of nitrogens with one attached hydrogen (secondary N) is 2. The van der Waals surface area contributed by atoms with Crippen molar-refractivity contribution in [2.45, 2.75) is 31.6 Å². The first-order chi connectivity index (χ1) is 13.3. The minimum Gasteiger partial charge on any atom is -0.339 e. The molecule has 5 heteroatoms. The van der Waals surface area contributed by atoms with Gasteiger partial charge >= 0.3 is 0 Å². The van der Waals surface area contributed by atoms with Gasteiger partial charge in [0.05, 0.1) is 5.56 Å². The molecule has 1 aromatic heterocycles. The molecule has 2 aliphatic rings. The summed E-state index contributed by atoms with van der Waals surface area (Å²) >= 11 is 0. The van der Waals surface area contributed by atoms with Crippen LogP contribution in [0.1, 0.15) is 46.8 Å². The minimum atomic E-state index is 0.123. The van der Waals surface area contributed by atoms with Crippen LogP contribution >= 0.6 is 0 Å². The van der Waals surface area contributed by atoms with E-state index in [9.17, 15) is 4.79 Å². The normalized spacial score (nSPS) is 18.7. The summed E-state index contributed by atoms with van der Waals surface area (Å²) in [6, 6.07) is 14.6. The van der Waals surface area contributed by atoms with Crippen LogP contribution in [0.2, 0.25) is 0 Å². The lowest BCUT2D eigenvalue weighted by molar-refractivity contribution is 0.0686. The van der Waals surface area contributed by atoms with Gasteiger partial charge in [-0.2, -0.15) is 0 Å². The van der Waals surface area contributed by atoms with Crippen LogP contribution in [0.5, 0.6) is 0 Å². The Labute approximate surface area is 161 Å². The standard InChI is InChI=1S/C22H28N4O/c27-22(19-8-9-21(23-14-19)20-15-24-25-16-20)26-12-10-18(11-13-26)7-6-17-4-2-1-3-5-17/h1-5,8-9,14,18,20,24-25H,6-7,10-13,15-16H2. The number of carbonyl (C=O) groups excluding carboxylic acids is 1. The number of amides is 1. The first kappa shape index (κ1) is 18.1. The van der Waals surface area contributed by atoms with Crippen molar-refractivity contribution in [3.05, 3.63) is 65.5 Å². The van der Waals surface area contributed by atoms with Crippen molar-refractivity contribution in [1.29, 1.82) is 0 Å². The molecule has 1 aromatic carbocycles. The number of hydrogen-bond donors (Lipinski definition) is 2. The highest BCUT2D eigenvalue weighted by Gasteiger charge is 2.24. The maximum Gasteiger partial charge on any atom is 0.255 e. The molecule has 0 bridgehead atoms. The van der Waals surface area contributed by atoms with Crippen LogP contribution in [-0.4, -0.2) is 42.0 Å². The first-order valence-electron chi connectivity index (χ1n) is 10.0. The van der Waals surface area contributed by atoms with E-state index >= 15 is 0 Å². The molecule has 2 aromatic rings. The topological polar surface area (TPSA) is 57.3 Å². The molecular weight excluding hydrogens is 336 g/mol. The molecule has 2 N–H and O–H groups in total. The molecular formula is C22H28N4O. The number of benzene rings is 1. The molecule has 2 saturated heterocycles. The van der Waals surface area contributed by atoms with Crippen LogP contribution in [0, 0.1) is 5.92 Å². The minimum absolute atomic E-state index is 0.123. The van der Waals surface area contributed by atoms with Crippen molar-refractivity contribution in [1.82, 2.24) is 20.7 Å². The molecule has 2 aliphatic heterocycles. The summed E-state index contributed by atoms with van der Waals surface area (Å²) in [6.07, 6.45) is 6.30. The van der Waals surface area contributed by atoms with Crippen molar-refractivity contribution in [2.75, 3.05) is 26.2 Å². The maximum absolute atomic E-state index is 12.8. The highest BCUT2D eigenvalue weighted by Crippen LogP contribution is 2.24. The Morgan fingerprint density at radius 1 is 1.04 bits per heavy atom. The number of aromatic nitrogens is 1. The fourth-order valence-corrected chi connectivity index (χ4v) is 4.07. The monoisotopic (exact) mass is 364 g/mol. The van der Waals surface area contributed by atoms with Gasteiger partial charge in [0.25, 0.3) is 5.91 Å². The number of hydrogen-bond acceptors (Lipinski definition) is 4. The summed E-state index contributed by atoms with van der Waals surface area (Å²) in [4.78, 5) is 19.3. The van der Waals surface area contributed by atoms with E-state index in [2.05, 4.69) is 46.2 Å². The lowest BCUT2D eigenvalue weighted by Gasteiger charge is -2.32. The van der Waals surface area contributed by atoms with Gasteiger partial charge in [-0.3, -0.25) is 20.6 Å². The predicted molar refractivity (Wildman–Crippen MR) is 106 cm³/mol. The Balaban J connectivity index is 1.27. The molecule has 4 rings (SSSR count). The van der Waals surface area contributed by atoms with Gasteiger partial charge in [0.1, 0.15) is 0 Å². The molecule has 0 atom stereocenters. The van der Waals surface area contributed by atoms with Gasteiger partial charge in [-0.05, 0) is 49.3 Å². The number of hydrazine groups is 1. The van der Waals surface area contributed by atoms with Gasteiger partial charge in [0.2, 0.25) is 0 Å². The molecule has 0 spiro atoms. The number of rotatable bonds is 5. The molecule has 2 fully saturated rings. The zero-order valence-corrected chi connectivity index (χ0v) is 15.7. The van der Waals surface area contributed by atoms with E-state index in [1.54, 1.807) is 6.20 Å². The second kappa shape index (κ2) is 8.63. The number of piperidine rings is 1. The third-order valence-corrected chi connectivity index (χ3v) is 5.86. The van der Waals surface area contributed by atoms with Gasteiger partial charge in [-0.15, -0.1) is 0 Å². The van der Waals surface area contributed by atoms with E-state index in [0.717, 1.165) is 57.1 Å². The Bertz CT molecular complexity index is 733. The summed E-state index contributed by atoms with van der Waals surface area (Å²) < 4.78 is 0. The lowest BCUT2D eigenvalue weighted by atomic mass is 9.90. The number of likely N-dealkylation sites (tertiary alicyclic amines) is 1. The molecule has 27 heavy (non-hydrogen) atoms. The molecule has 3 heterocycles. The van der Waals surface area contributed by atoms with Crippen molar-refractivity contribution in [3.8, 4) is 0 Å². The second-order valence-corrected chi connectivity index (χ2v) is 7.69. The average Bonchev–Trinajstić information content (AvgIpc) is 3.28. The van der Waals surface area contributed by atoms with E-state index in [1.807, 2.05) is 17.0 Å². The Morgan fingerprint density at radius 3 is 2.44 bits per heavy atom. The zero-order valence-electron chi connectivity index (χ0n) is 15.7. The van der Waals surface area contributed by atoms with Crippen molar-refractivity contribution < 1.29 is 4.79 Å². The molecule has 0 unspecified atom stereocenters. The van der Waals surface area contributed by atoms with E-state index in [1.165, 1.54) is 12.0 Å². The van der Waals surface area contributed by atoms with Crippen molar-refractivity contribution >= 4 is 5.91 Å². The van der Waals surface area contributed by atoms with Gasteiger partial charge in [-0.25, -0.2) is 0 Å². The summed E-state index contributed by atoms with van der Waals surface area (Å²) in [6.45, 7) is 3.49. The maximum atomic E-state index is 12.8. The van der Waals surface area contributed by atoms with Gasteiger partial charge in [0, 0.05) is 44.0 Å². The van der Waals surface area contributed by atoms with Crippen LogP contribution in [0.15, 0.2) is 48.7 Å². The summed E-state index contributed by atoms with van der Waals surface area (Å²) in [7, 11) is 0. The lowest BCUT2D eigenvalue weighted by Crippen LogP contribution is -2.38. The number of aryl methyl sites for hydroxylation is 1. The fraction of sp³-hybridized carbons (Fsp3) is 0.455.